The van der Waals surface area contributed by atoms with Gasteiger partial charge in [-0.05, 0) is 13.8 Å². The van der Waals surface area contributed by atoms with E-state index in [0.29, 0.717) is 60.2 Å². The molecule has 8 aliphatic rings. The van der Waals surface area contributed by atoms with Crippen molar-refractivity contribution in [3.05, 3.63) is 45.1 Å². The van der Waals surface area contributed by atoms with E-state index in [4.69, 9.17) is 30.4 Å². The maximum absolute atomic E-state index is 14.0. The number of hydrogen-bond donors (Lipinski definition) is 6. The zero-order valence-electron chi connectivity index (χ0n) is 30.1. The lowest BCUT2D eigenvalue weighted by atomic mass is 9.82. The van der Waals surface area contributed by atoms with Crippen LogP contribution in [0.5, 0.6) is 0 Å². The molecule has 0 aromatic heterocycles. The van der Waals surface area contributed by atoms with Crippen LogP contribution in [-0.2, 0) is 38.1 Å². The molecule has 4 saturated heterocycles. The molecule has 8 rings (SSSR count). The maximum Gasteiger partial charge on any atom is 0.404 e. The van der Waals surface area contributed by atoms with Gasteiger partial charge in [0.05, 0.1) is 46.7 Å². The third-order valence-corrected chi connectivity index (χ3v) is 14.3. The van der Waals surface area contributed by atoms with Crippen LogP contribution < -0.4 is 32.7 Å². The first-order valence-corrected chi connectivity index (χ1v) is 20.2. The SMILES string of the molecule is COC12[C@@H]3N[C@@H]3CN1C1=C(C(=O)C(NCCSSCCNC3=C(C)C(=O)C4=C(C3=O)[C@H](COC(N)=O)C3(OC)[C@@H]5N[C@@H]5CN43)=C(C)C1=O)[C@@H]2COC(N)=O. The summed E-state index contributed by atoms with van der Waals surface area (Å²) >= 11 is 0. The van der Waals surface area contributed by atoms with Crippen molar-refractivity contribution < 1.29 is 47.7 Å². The molecule has 8 N–H and O–H groups in total. The number of piperazine rings is 2. The van der Waals surface area contributed by atoms with E-state index in [1.54, 1.807) is 13.8 Å². The van der Waals surface area contributed by atoms with Crippen LogP contribution in [-0.4, -0.2) is 146 Å². The van der Waals surface area contributed by atoms with Crippen molar-refractivity contribution in [2.45, 2.75) is 49.5 Å². The number of fused-ring (bicyclic) bond motifs is 8. The number of carbonyl (C=O) groups excluding carboxylic acids is 6. The number of ether oxygens (including phenoxy) is 4. The number of Topliss-reactive ketones (excluding diaryl/α,β-unsaturated/α-hetero) is 4. The molecule has 18 nitrogen and oxygen atoms in total. The molecular weight excluding hydrogens is 745 g/mol. The zero-order valence-corrected chi connectivity index (χ0v) is 31.7. The molecule has 54 heavy (non-hydrogen) atoms. The van der Waals surface area contributed by atoms with Gasteiger partial charge in [0, 0.05) is 86.3 Å². The fourth-order valence-corrected chi connectivity index (χ4v) is 11.4. The zero-order chi connectivity index (χ0) is 38.4. The van der Waals surface area contributed by atoms with Gasteiger partial charge in [-0.2, -0.15) is 0 Å². The highest BCUT2D eigenvalue weighted by molar-refractivity contribution is 8.76. The van der Waals surface area contributed by atoms with E-state index in [2.05, 4.69) is 21.3 Å². The standard InChI is InChI=1S/C34H42N8O10S2/c1-13-21(27(45)19-15(11-51-31(35)47)33(49-3)29-17(39-29)9-41(33)23(19)25(13)43)37-5-7-53-54-8-6-38-22-14(2)26(44)24-20(28(22)46)16(12-52-32(36)48)34(50-4)30-18(40-30)10-42(24)34/h15-18,29-30,37-40H,5-12H2,1-4H3,(H2,35,47)(H2,36,48)/t15-,16-,17+,18+,29+,30+,33?,34?/m0/s1. The molecular formula is C34H42N8O10S2. The quantitative estimate of drug-likeness (QED) is 0.0470. The summed E-state index contributed by atoms with van der Waals surface area (Å²) < 4.78 is 22.4. The molecule has 0 aromatic carbocycles. The Labute approximate surface area is 317 Å². The topological polar surface area (TPSA) is 266 Å². The predicted molar refractivity (Wildman–Crippen MR) is 193 cm³/mol. The van der Waals surface area contributed by atoms with Crippen LogP contribution in [0.2, 0.25) is 0 Å². The van der Waals surface area contributed by atoms with Gasteiger partial charge in [-0.15, -0.1) is 0 Å². The van der Waals surface area contributed by atoms with Gasteiger partial charge in [0.25, 0.3) is 0 Å². The molecule has 6 heterocycles. The highest BCUT2D eigenvalue weighted by atomic mass is 33.1. The van der Waals surface area contributed by atoms with Gasteiger partial charge in [0.1, 0.15) is 13.2 Å². The largest absolute Gasteiger partial charge is 0.449 e. The molecule has 0 spiro atoms. The monoisotopic (exact) mass is 786 g/mol. The van der Waals surface area contributed by atoms with E-state index in [1.165, 1.54) is 35.8 Å². The maximum atomic E-state index is 14.0. The van der Waals surface area contributed by atoms with E-state index in [9.17, 15) is 28.8 Å². The lowest BCUT2D eigenvalue weighted by Gasteiger charge is -2.39. The van der Waals surface area contributed by atoms with Crippen molar-refractivity contribution in [2.24, 2.45) is 23.3 Å². The number of carbonyl (C=O) groups is 6. The number of nitrogens with two attached hydrogens (primary N) is 2. The highest BCUT2D eigenvalue weighted by Crippen LogP contribution is 2.57. The third kappa shape index (κ3) is 5.16. The van der Waals surface area contributed by atoms with Crippen molar-refractivity contribution >= 4 is 56.9 Å². The fourth-order valence-electron chi connectivity index (χ4n) is 9.56. The summed E-state index contributed by atoms with van der Waals surface area (Å²) in [6, 6.07) is -0.0663. The molecule has 0 radical (unpaired) electrons. The number of nitrogens with zero attached hydrogens (tertiary/aromatic N) is 2. The molecule has 8 atom stereocenters. The molecule has 2 amide bonds. The minimum Gasteiger partial charge on any atom is -0.449 e. The minimum absolute atomic E-state index is 0.0990. The lowest BCUT2D eigenvalue weighted by Crippen LogP contribution is -2.55. The first-order chi connectivity index (χ1) is 25.8. The molecule has 0 saturated carbocycles. The average Bonchev–Trinajstić information content (AvgIpc) is 3.97. The highest BCUT2D eigenvalue weighted by Gasteiger charge is 2.74. The van der Waals surface area contributed by atoms with E-state index in [1.807, 2.05) is 9.80 Å². The molecule has 6 aliphatic heterocycles. The Balaban J connectivity index is 0.855. The van der Waals surface area contributed by atoms with Gasteiger partial charge in [0.15, 0.2) is 11.4 Å². The van der Waals surface area contributed by atoms with Crippen molar-refractivity contribution in [1.82, 2.24) is 31.1 Å². The van der Waals surface area contributed by atoms with Crippen molar-refractivity contribution in [2.75, 3.05) is 65.1 Å². The van der Waals surface area contributed by atoms with Crippen LogP contribution in [0.3, 0.4) is 0 Å². The van der Waals surface area contributed by atoms with Gasteiger partial charge in [-0.3, -0.25) is 19.2 Å². The Kier molecular flexibility index (Phi) is 9.08. The second kappa shape index (κ2) is 13.3. The fraction of sp³-hybridized carbons (Fsp3) is 0.588. The molecule has 0 aromatic rings. The Bertz CT molecular complexity index is 1780. The summed E-state index contributed by atoms with van der Waals surface area (Å²) in [6.07, 6.45) is -1.96. The van der Waals surface area contributed by atoms with Crippen molar-refractivity contribution in [1.29, 1.82) is 0 Å². The van der Waals surface area contributed by atoms with E-state index in [-0.39, 0.29) is 83.1 Å². The van der Waals surface area contributed by atoms with Crippen LogP contribution >= 0.6 is 21.6 Å². The number of rotatable bonds is 15. The second-order valence-corrected chi connectivity index (χ2v) is 17.0. The Morgan fingerprint density at radius 1 is 0.722 bits per heavy atom. The summed E-state index contributed by atoms with van der Waals surface area (Å²) in [6.45, 7) is 4.57. The Morgan fingerprint density at radius 3 is 1.46 bits per heavy atom. The third-order valence-electron chi connectivity index (χ3n) is 11.9. The van der Waals surface area contributed by atoms with E-state index >= 15 is 0 Å². The van der Waals surface area contributed by atoms with Crippen LogP contribution in [0.4, 0.5) is 9.59 Å². The van der Waals surface area contributed by atoms with Gasteiger partial charge in [0.2, 0.25) is 23.1 Å². The number of amides is 2. The Hall–Kier alpha value is -4.08. The predicted octanol–water partition coefficient (Wildman–Crippen LogP) is -1.65. The number of primary amides is 2. The molecule has 2 unspecified atom stereocenters. The molecule has 290 valence electrons. The number of methoxy groups -OCH3 is 2. The number of allylic oxidation sites excluding steroid dienone is 4. The smallest absolute Gasteiger partial charge is 0.404 e. The normalized spacial score (nSPS) is 34.2. The lowest BCUT2D eigenvalue weighted by molar-refractivity contribution is -0.137. The van der Waals surface area contributed by atoms with Crippen LogP contribution in [0.25, 0.3) is 0 Å². The summed E-state index contributed by atoms with van der Waals surface area (Å²) in [5, 5.41) is 13.0. The summed E-state index contributed by atoms with van der Waals surface area (Å²) in [7, 11) is 6.13. The van der Waals surface area contributed by atoms with Crippen molar-refractivity contribution in [3.63, 3.8) is 0 Å². The summed E-state index contributed by atoms with van der Waals surface area (Å²) in [5.74, 6) is -1.51. The van der Waals surface area contributed by atoms with Gasteiger partial charge in [-0.1, -0.05) is 21.6 Å². The van der Waals surface area contributed by atoms with Crippen LogP contribution in [0.1, 0.15) is 13.8 Å². The molecule has 2 aliphatic carbocycles. The number of hydrogen-bond acceptors (Lipinski definition) is 18. The van der Waals surface area contributed by atoms with E-state index in [0.717, 1.165) is 0 Å². The van der Waals surface area contributed by atoms with Gasteiger partial charge >= 0.3 is 12.2 Å². The van der Waals surface area contributed by atoms with Crippen molar-refractivity contribution in [3.8, 4) is 0 Å². The van der Waals surface area contributed by atoms with Crippen LogP contribution in [0.15, 0.2) is 45.1 Å². The number of ketones is 4. The van der Waals surface area contributed by atoms with Crippen LogP contribution in [0, 0.1) is 11.8 Å². The molecule has 4 fully saturated rings. The first-order valence-electron chi connectivity index (χ1n) is 17.7. The minimum atomic E-state index is -1.05. The number of nitrogens with one attached hydrogen (secondary N) is 4. The van der Waals surface area contributed by atoms with Gasteiger partial charge < -0.3 is 61.5 Å². The summed E-state index contributed by atoms with van der Waals surface area (Å²) in [4.78, 5) is 82.3. The van der Waals surface area contributed by atoms with E-state index < -0.39 is 35.5 Å². The summed E-state index contributed by atoms with van der Waals surface area (Å²) in [5.41, 5.74) is 10.6. The average molecular weight is 787 g/mol. The molecule has 20 heteroatoms. The second-order valence-electron chi connectivity index (χ2n) is 14.3. The Morgan fingerprint density at radius 2 is 1.11 bits per heavy atom. The first kappa shape index (κ1) is 36.9. The van der Waals surface area contributed by atoms with Gasteiger partial charge in [-0.25, -0.2) is 9.59 Å². The molecule has 0 bridgehead atoms.